The lowest BCUT2D eigenvalue weighted by molar-refractivity contribution is 0.971. The van der Waals surface area contributed by atoms with Gasteiger partial charge in [0.05, 0.1) is 0 Å². The van der Waals surface area contributed by atoms with Crippen LogP contribution < -0.4 is 0 Å². The Bertz CT molecular complexity index is 343. The molecule has 0 amide bonds. The van der Waals surface area contributed by atoms with Crippen molar-refractivity contribution in [2.75, 3.05) is 0 Å². The zero-order valence-electron chi connectivity index (χ0n) is 12.8. The average molecular weight is 247 g/mol. The molecule has 1 aromatic heterocycles. The van der Waals surface area contributed by atoms with Crippen LogP contribution in [-0.2, 0) is 25.7 Å². The van der Waals surface area contributed by atoms with Gasteiger partial charge in [0.2, 0.25) is 0 Å². The van der Waals surface area contributed by atoms with E-state index in [1.54, 1.807) is 17.2 Å². The zero-order chi connectivity index (χ0) is 14.0. The molecule has 102 valence electrons. The van der Waals surface area contributed by atoms with Crippen LogP contribution in [0.2, 0.25) is 0 Å². The van der Waals surface area contributed by atoms with Crippen LogP contribution in [0.15, 0.2) is 24.8 Å². The molecule has 1 heterocycles. The highest BCUT2D eigenvalue weighted by Crippen LogP contribution is 2.21. The van der Waals surface area contributed by atoms with Crippen LogP contribution in [0.1, 0.15) is 57.1 Å². The molecule has 1 N–H and O–H groups in total. The van der Waals surface area contributed by atoms with Gasteiger partial charge in [-0.15, -0.1) is 0 Å². The van der Waals surface area contributed by atoms with E-state index in [4.69, 9.17) is 0 Å². The predicted octanol–water partition coefficient (Wildman–Crippen LogP) is 5.01. The van der Waals surface area contributed by atoms with Crippen LogP contribution in [0.25, 0.3) is 0 Å². The zero-order valence-corrected chi connectivity index (χ0v) is 12.8. The van der Waals surface area contributed by atoms with Gasteiger partial charge < -0.3 is 4.98 Å². The van der Waals surface area contributed by atoms with Gasteiger partial charge >= 0.3 is 0 Å². The van der Waals surface area contributed by atoms with Gasteiger partial charge in [-0.25, -0.2) is 0 Å². The number of rotatable bonds is 5. The van der Waals surface area contributed by atoms with E-state index in [0.717, 1.165) is 12.8 Å². The third-order valence-electron chi connectivity index (χ3n) is 3.14. The number of aromatic amines is 1. The molecule has 0 aliphatic heterocycles. The molecule has 0 unspecified atom stereocenters. The first-order chi connectivity index (χ1) is 8.69. The maximum atomic E-state index is 3.55. The van der Waals surface area contributed by atoms with E-state index in [0.29, 0.717) is 0 Å². The van der Waals surface area contributed by atoms with Crippen molar-refractivity contribution in [2.24, 2.45) is 0 Å². The number of H-pyrrole nitrogens is 1. The Balaban J connectivity index is 0.000000494. The lowest BCUT2D eigenvalue weighted by Crippen LogP contribution is -1.91. The van der Waals surface area contributed by atoms with Crippen LogP contribution in [-0.4, -0.2) is 4.98 Å². The summed E-state index contributed by atoms with van der Waals surface area (Å²) in [5, 5.41) is 0. The molecule has 0 spiro atoms. The highest BCUT2D eigenvalue weighted by Gasteiger charge is 2.11. The number of nitrogens with one attached hydrogen (secondary N) is 1. The first-order valence-electron chi connectivity index (χ1n) is 7.14. The Morgan fingerprint density at radius 2 is 1.33 bits per heavy atom. The van der Waals surface area contributed by atoms with Gasteiger partial charge in [-0.3, -0.25) is 0 Å². The third-order valence-corrected chi connectivity index (χ3v) is 3.14. The average Bonchev–Trinajstić information content (AvgIpc) is 2.76. The molecule has 18 heavy (non-hydrogen) atoms. The highest BCUT2D eigenvalue weighted by molar-refractivity contribution is 5.37. The van der Waals surface area contributed by atoms with Crippen molar-refractivity contribution in [1.82, 2.24) is 4.98 Å². The summed E-state index contributed by atoms with van der Waals surface area (Å²) in [5.74, 6) is 0. The van der Waals surface area contributed by atoms with Crippen molar-refractivity contribution >= 4 is 0 Å². The van der Waals surface area contributed by atoms with Gasteiger partial charge in [0.15, 0.2) is 0 Å². The van der Waals surface area contributed by atoms with E-state index in [-0.39, 0.29) is 0 Å². The molecule has 1 nitrogen and oxygen atoms in total. The minimum absolute atomic E-state index is 1.14. The Morgan fingerprint density at radius 1 is 0.889 bits per heavy atom. The lowest BCUT2D eigenvalue weighted by atomic mass is 10.0. The summed E-state index contributed by atoms with van der Waals surface area (Å²) >= 11 is 0. The van der Waals surface area contributed by atoms with Gasteiger partial charge in [-0.05, 0) is 43.7 Å². The third kappa shape index (κ3) is 4.56. The molecule has 0 radical (unpaired) electrons. The molecule has 0 fully saturated rings. The van der Waals surface area contributed by atoms with Gasteiger partial charge in [-0.2, -0.15) is 0 Å². The second kappa shape index (κ2) is 9.76. The topological polar surface area (TPSA) is 15.8 Å². The molecule has 0 bridgehead atoms. The van der Waals surface area contributed by atoms with Crippen LogP contribution in [0.4, 0.5) is 0 Å². The largest absolute Gasteiger partial charge is 0.362 e. The standard InChI is InChI=1S/C12H21N.C5H8/c1-5-9-10(6-2)12(8-4)13-11(9)7-3;1-3-5-4-2/h13H,5-8H2,1-4H3;3-5H,1H2,2H3. The fraction of sp³-hybridized carbons (Fsp3) is 0.529. The van der Waals surface area contributed by atoms with Crippen LogP contribution in [0.3, 0.4) is 0 Å². The Morgan fingerprint density at radius 3 is 1.50 bits per heavy atom. The summed E-state index contributed by atoms with van der Waals surface area (Å²) in [7, 11) is 0. The molecule has 1 aromatic rings. The minimum Gasteiger partial charge on any atom is -0.362 e. The number of hydrogen-bond donors (Lipinski definition) is 1. The first-order valence-corrected chi connectivity index (χ1v) is 7.14. The Labute approximate surface area is 113 Å². The molecule has 1 heteroatoms. The number of aromatic nitrogens is 1. The molecule has 0 aromatic carbocycles. The quantitative estimate of drug-likeness (QED) is 0.704. The molecule has 0 atom stereocenters. The van der Waals surface area contributed by atoms with E-state index < -0.39 is 0 Å². The predicted molar refractivity (Wildman–Crippen MR) is 83.3 cm³/mol. The smallest absolute Gasteiger partial charge is 0.0181 e. The SMILES string of the molecule is C=CC=CC.CCc1[nH]c(CC)c(CC)c1CC. The molecule has 0 aliphatic rings. The van der Waals surface area contributed by atoms with E-state index >= 15 is 0 Å². The van der Waals surface area contributed by atoms with Crippen LogP contribution in [0, 0.1) is 0 Å². The first kappa shape index (κ1) is 16.8. The van der Waals surface area contributed by atoms with Crippen molar-refractivity contribution in [3.63, 3.8) is 0 Å². The normalized spacial score (nSPS) is 10.3. The second-order valence-corrected chi connectivity index (χ2v) is 4.21. The van der Waals surface area contributed by atoms with Crippen molar-refractivity contribution in [1.29, 1.82) is 0 Å². The van der Waals surface area contributed by atoms with E-state index in [1.165, 1.54) is 24.2 Å². The molecular weight excluding hydrogens is 218 g/mol. The van der Waals surface area contributed by atoms with E-state index in [9.17, 15) is 0 Å². The molecule has 0 aliphatic carbocycles. The highest BCUT2D eigenvalue weighted by atomic mass is 14.7. The molecule has 0 saturated heterocycles. The molecular formula is C17H29N. The summed E-state index contributed by atoms with van der Waals surface area (Å²) in [6.07, 6.45) is 10.2. The monoisotopic (exact) mass is 247 g/mol. The van der Waals surface area contributed by atoms with Crippen molar-refractivity contribution in [3.8, 4) is 0 Å². The van der Waals surface area contributed by atoms with E-state index in [1.807, 2.05) is 19.1 Å². The summed E-state index contributed by atoms with van der Waals surface area (Å²) in [6.45, 7) is 14.4. The minimum atomic E-state index is 1.14. The van der Waals surface area contributed by atoms with Gasteiger partial charge in [-0.1, -0.05) is 52.5 Å². The van der Waals surface area contributed by atoms with Crippen LogP contribution >= 0.6 is 0 Å². The molecule has 1 rings (SSSR count). The number of hydrogen-bond acceptors (Lipinski definition) is 0. The maximum Gasteiger partial charge on any atom is 0.0181 e. The van der Waals surface area contributed by atoms with E-state index in [2.05, 4.69) is 39.3 Å². The maximum absolute atomic E-state index is 3.55. The van der Waals surface area contributed by atoms with Crippen LogP contribution in [0.5, 0.6) is 0 Å². The Hall–Kier alpha value is -1.24. The van der Waals surface area contributed by atoms with Crippen molar-refractivity contribution in [3.05, 3.63) is 47.3 Å². The summed E-state index contributed by atoms with van der Waals surface area (Å²) in [6, 6.07) is 0. The summed E-state index contributed by atoms with van der Waals surface area (Å²) in [5.41, 5.74) is 6.05. The Kier molecular flexibility index (Phi) is 9.08. The van der Waals surface area contributed by atoms with Crippen molar-refractivity contribution in [2.45, 2.75) is 60.3 Å². The van der Waals surface area contributed by atoms with Gasteiger partial charge in [0.25, 0.3) is 0 Å². The van der Waals surface area contributed by atoms with Gasteiger partial charge in [0, 0.05) is 11.4 Å². The fourth-order valence-electron chi connectivity index (χ4n) is 2.29. The summed E-state index contributed by atoms with van der Waals surface area (Å²) < 4.78 is 0. The fourth-order valence-corrected chi connectivity index (χ4v) is 2.29. The van der Waals surface area contributed by atoms with Gasteiger partial charge in [0.1, 0.15) is 0 Å². The second-order valence-electron chi connectivity index (χ2n) is 4.21. The number of aryl methyl sites for hydroxylation is 2. The number of allylic oxidation sites excluding steroid dienone is 3. The summed E-state index contributed by atoms with van der Waals surface area (Å²) in [4.78, 5) is 3.55. The van der Waals surface area contributed by atoms with Crippen molar-refractivity contribution < 1.29 is 0 Å². The lowest BCUT2D eigenvalue weighted by Gasteiger charge is -2.01. The molecule has 0 saturated carbocycles.